The van der Waals surface area contributed by atoms with Gasteiger partial charge in [0.15, 0.2) is 0 Å². The lowest BCUT2D eigenvalue weighted by molar-refractivity contribution is -0.138. The standard InChI is InChI=1S/C15H19NO5/c1-15(2,3)21-14(20)16-12-5-4-8(17)6-10(12)9-7-11(9)13(18)19/h4-6,9,11,17H,7H2,1-3H3,(H,16,20)(H,18,19). The molecule has 1 aromatic carbocycles. The van der Waals surface area contributed by atoms with Crippen molar-refractivity contribution in [2.24, 2.45) is 5.92 Å². The molecule has 2 atom stereocenters. The van der Waals surface area contributed by atoms with Gasteiger partial charge in [-0.15, -0.1) is 0 Å². The molecule has 0 heterocycles. The van der Waals surface area contributed by atoms with Crippen molar-refractivity contribution in [1.29, 1.82) is 0 Å². The van der Waals surface area contributed by atoms with Gasteiger partial charge in [0, 0.05) is 11.6 Å². The lowest BCUT2D eigenvalue weighted by Crippen LogP contribution is -2.27. The van der Waals surface area contributed by atoms with Crippen LogP contribution in [0, 0.1) is 5.92 Å². The van der Waals surface area contributed by atoms with Crippen LogP contribution < -0.4 is 5.32 Å². The average molecular weight is 293 g/mol. The molecule has 6 heteroatoms. The minimum absolute atomic E-state index is 0.0378. The number of anilines is 1. The third-order valence-electron chi connectivity index (χ3n) is 3.18. The summed E-state index contributed by atoms with van der Waals surface area (Å²) in [6, 6.07) is 4.47. The van der Waals surface area contributed by atoms with Crippen LogP contribution in [0.1, 0.15) is 38.7 Å². The summed E-state index contributed by atoms with van der Waals surface area (Å²) in [6.07, 6.45) is -0.108. The first-order valence-corrected chi connectivity index (χ1v) is 6.73. The summed E-state index contributed by atoms with van der Waals surface area (Å²) in [6.45, 7) is 5.27. The number of hydrogen-bond donors (Lipinski definition) is 3. The van der Waals surface area contributed by atoms with Gasteiger partial charge in [-0.25, -0.2) is 4.79 Å². The minimum Gasteiger partial charge on any atom is -0.508 e. The van der Waals surface area contributed by atoms with E-state index in [2.05, 4.69) is 5.32 Å². The lowest BCUT2D eigenvalue weighted by Gasteiger charge is -2.20. The summed E-state index contributed by atoms with van der Waals surface area (Å²) < 4.78 is 5.17. The maximum absolute atomic E-state index is 11.8. The molecule has 1 amide bonds. The van der Waals surface area contributed by atoms with Crippen molar-refractivity contribution in [3.05, 3.63) is 23.8 Å². The largest absolute Gasteiger partial charge is 0.508 e. The van der Waals surface area contributed by atoms with Crippen LogP contribution in [-0.2, 0) is 9.53 Å². The number of phenols is 1. The van der Waals surface area contributed by atoms with Crippen LogP contribution in [0.2, 0.25) is 0 Å². The van der Waals surface area contributed by atoms with Crippen LogP contribution >= 0.6 is 0 Å². The van der Waals surface area contributed by atoms with E-state index >= 15 is 0 Å². The number of carboxylic acid groups (broad SMARTS) is 1. The second kappa shape index (κ2) is 5.27. The molecule has 1 aromatic rings. The number of ether oxygens (including phenoxy) is 1. The van der Waals surface area contributed by atoms with Crippen molar-refractivity contribution in [2.75, 3.05) is 5.32 Å². The van der Waals surface area contributed by atoms with Gasteiger partial charge in [0.05, 0.1) is 5.92 Å². The molecule has 114 valence electrons. The van der Waals surface area contributed by atoms with E-state index < -0.39 is 23.6 Å². The Bertz CT molecular complexity index is 576. The van der Waals surface area contributed by atoms with Crippen molar-refractivity contribution in [3.63, 3.8) is 0 Å². The predicted molar refractivity (Wildman–Crippen MR) is 76.4 cm³/mol. The highest BCUT2D eigenvalue weighted by Gasteiger charge is 2.45. The fraction of sp³-hybridized carbons (Fsp3) is 0.467. The number of hydrogen-bond acceptors (Lipinski definition) is 4. The van der Waals surface area contributed by atoms with E-state index in [0.29, 0.717) is 17.7 Å². The topological polar surface area (TPSA) is 95.9 Å². The second-order valence-corrected chi connectivity index (χ2v) is 6.19. The summed E-state index contributed by atoms with van der Waals surface area (Å²) in [7, 11) is 0. The molecule has 0 spiro atoms. The van der Waals surface area contributed by atoms with Crippen LogP contribution in [0.3, 0.4) is 0 Å². The Morgan fingerprint density at radius 2 is 2.00 bits per heavy atom. The zero-order valence-electron chi connectivity index (χ0n) is 12.2. The highest BCUT2D eigenvalue weighted by molar-refractivity contribution is 5.87. The van der Waals surface area contributed by atoms with E-state index in [1.165, 1.54) is 12.1 Å². The molecule has 0 bridgehead atoms. The molecular formula is C15H19NO5. The van der Waals surface area contributed by atoms with Gasteiger partial charge in [0.25, 0.3) is 0 Å². The number of phenolic OH excluding ortho intramolecular Hbond substituents is 1. The van der Waals surface area contributed by atoms with Crippen LogP contribution in [0.15, 0.2) is 18.2 Å². The first-order chi connectivity index (χ1) is 9.67. The van der Waals surface area contributed by atoms with Crippen LogP contribution in [0.5, 0.6) is 5.75 Å². The summed E-state index contributed by atoms with van der Waals surface area (Å²) >= 11 is 0. The number of carbonyl (C=O) groups excluding carboxylic acids is 1. The number of benzene rings is 1. The van der Waals surface area contributed by atoms with Gasteiger partial charge in [0.2, 0.25) is 0 Å². The molecule has 0 aromatic heterocycles. The van der Waals surface area contributed by atoms with E-state index in [-0.39, 0.29) is 11.7 Å². The molecule has 1 fully saturated rings. The third-order valence-corrected chi connectivity index (χ3v) is 3.18. The maximum atomic E-state index is 11.8. The Morgan fingerprint density at radius 3 is 2.52 bits per heavy atom. The lowest BCUT2D eigenvalue weighted by atomic mass is 10.1. The number of rotatable bonds is 3. The first-order valence-electron chi connectivity index (χ1n) is 6.73. The van der Waals surface area contributed by atoms with Crippen LogP contribution in [-0.4, -0.2) is 27.9 Å². The SMILES string of the molecule is CC(C)(C)OC(=O)Nc1ccc(O)cc1C1CC1C(=O)O. The third kappa shape index (κ3) is 3.87. The van der Waals surface area contributed by atoms with E-state index in [1.54, 1.807) is 26.8 Å². The van der Waals surface area contributed by atoms with Crippen molar-refractivity contribution in [3.8, 4) is 5.75 Å². The molecule has 2 unspecified atom stereocenters. The monoisotopic (exact) mass is 293 g/mol. The Labute approximate surface area is 122 Å². The Balaban J connectivity index is 2.17. The van der Waals surface area contributed by atoms with E-state index in [1.807, 2.05) is 0 Å². The fourth-order valence-corrected chi connectivity index (χ4v) is 2.20. The van der Waals surface area contributed by atoms with Crippen molar-refractivity contribution < 1.29 is 24.5 Å². The van der Waals surface area contributed by atoms with Crippen molar-refractivity contribution >= 4 is 17.7 Å². The van der Waals surface area contributed by atoms with Crippen LogP contribution in [0.4, 0.5) is 10.5 Å². The van der Waals surface area contributed by atoms with Crippen molar-refractivity contribution in [1.82, 2.24) is 0 Å². The van der Waals surface area contributed by atoms with Gasteiger partial charge in [-0.05, 0) is 51.0 Å². The smallest absolute Gasteiger partial charge is 0.412 e. The first kappa shape index (κ1) is 15.2. The number of aliphatic carboxylic acids is 1. The van der Waals surface area contributed by atoms with Gasteiger partial charge in [-0.2, -0.15) is 0 Å². The summed E-state index contributed by atoms with van der Waals surface area (Å²) in [5.74, 6) is -1.49. The molecule has 6 nitrogen and oxygen atoms in total. The van der Waals surface area contributed by atoms with Gasteiger partial charge in [-0.3, -0.25) is 10.1 Å². The fourth-order valence-electron chi connectivity index (χ4n) is 2.20. The van der Waals surface area contributed by atoms with Crippen molar-refractivity contribution in [2.45, 2.75) is 38.7 Å². The van der Waals surface area contributed by atoms with Gasteiger partial charge >= 0.3 is 12.1 Å². The zero-order valence-corrected chi connectivity index (χ0v) is 12.2. The minimum atomic E-state index is -0.869. The van der Waals surface area contributed by atoms with E-state index in [4.69, 9.17) is 9.84 Å². The molecule has 0 aliphatic heterocycles. The summed E-state index contributed by atoms with van der Waals surface area (Å²) in [5.41, 5.74) is 0.466. The number of carbonyl (C=O) groups is 2. The number of carboxylic acids is 1. The average Bonchev–Trinajstić information content (AvgIpc) is 3.09. The summed E-state index contributed by atoms with van der Waals surface area (Å²) in [4.78, 5) is 22.8. The molecule has 0 radical (unpaired) electrons. The second-order valence-electron chi connectivity index (χ2n) is 6.19. The highest BCUT2D eigenvalue weighted by Crippen LogP contribution is 2.50. The van der Waals surface area contributed by atoms with Crippen LogP contribution in [0.25, 0.3) is 0 Å². The number of nitrogens with one attached hydrogen (secondary N) is 1. The Morgan fingerprint density at radius 1 is 1.33 bits per heavy atom. The molecule has 2 rings (SSSR count). The van der Waals surface area contributed by atoms with E-state index in [0.717, 1.165) is 0 Å². The molecule has 21 heavy (non-hydrogen) atoms. The normalized spacial score (nSPS) is 20.7. The zero-order chi connectivity index (χ0) is 15.8. The Kier molecular flexibility index (Phi) is 3.80. The molecule has 1 aliphatic rings. The molecule has 3 N–H and O–H groups in total. The van der Waals surface area contributed by atoms with E-state index in [9.17, 15) is 14.7 Å². The molecule has 1 aliphatic carbocycles. The Hall–Kier alpha value is -2.24. The quantitative estimate of drug-likeness (QED) is 0.745. The van der Waals surface area contributed by atoms with Gasteiger partial charge < -0.3 is 14.9 Å². The van der Waals surface area contributed by atoms with Gasteiger partial charge in [-0.1, -0.05) is 0 Å². The number of aromatic hydroxyl groups is 1. The maximum Gasteiger partial charge on any atom is 0.412 e. The summed E-state index contributed by atoms with van der Waals surface area (Å²) in [5, 5.41) is 21.2. The highest BCUT2D eigenvalue weighted by atomic mass is 16.6. The van der Waals surface area contributed by atoms with Gasteiger partial charge in [0.1, 0.15) is 11.4 Å². The molecule has 0 saturated heterocycles. The molecular weight excluding hydrogens is 274 g/mol. The predicted octanol–water partition coefficient (Wildman–Crippen LogP) is 2.93. The molecule has 1 saturated carbocycles. The number of amides is 1.